The standard InChI is InChI=1S/C9H10BrNO.ClH/c10-6-1-2-7-8(11)3-4-12-9(7)5-6;/h1-2,5,8H,3-4,11H2;1H. The molecule has 0 amide bonds. The Balaban J connectivity index is 0.000000845. The molecular formula is C9H11BrClNO. The Morgan fingerprint density at radius 2 is 2.23 bits per heavy atom. The molecule has 1 aromatic rings. The van der Waals surface area contributed by atoms with Gasteiger partial charge in [-0.3, -0.25) is 0 Å². The summed E-state index contributed by atoms with van der Waals surface area (Å²) < 4.78 is 6.50. The maximum absolute atomic E-state index is 5.90. The molecule has 1 unspecified atom stereocenters. The van der Waals surface area contributed by atoms with Crippen molar-refractivity contribution < 1.29 is 4.74 Å². The molecule has 2 N–H and O–H groups in total. The van der Waals surface area contributed by atoms with Crippen molar-refractivity contribution >= 4 is 28.3 Å². The number of fused-ring (bicyclic) bond motifs is 1. The van der Waals surface area contributed by atoms with Gasteiger partial charge in [0.25, 0.3) is 0 Å². The highest BCUT2D eigenvalue weighted by molar-refractivity contribution is 9.10. The van der Waals surface area contributed by atoms with Crippen LogP contribution in [0.4, 0.5) is 0 Å². The van der Waals surface area contributed by atoms with Crippen LogP contribution in [-0.2, 0) is 0 Å². The van der Waals surface area contributed by atoms with Crippen LogP contribution in [-0.4, -0.2) is 6.61 Å². The van der Waals surface area contributed by atoms with Crippen LogP contribution in [0.15, 0.2) is 22.7 Å². The van der Waals surface area contributed by atoms with E-state index in [4.69, 9.17) is 10.5 Å². The van der Waals surface area contributed by atoms with E-state index in [-0.39, 0.29) is 18.4 Å². The Bertz CT molecular complexity index is 306. The number of ether oxygens (including phenoxy) is 1. The summed E-state index contributed by atoms with van der Waals surface area (Å²) in [6, 6.07) is 6.12. The summed E-state index contributed by atoms with van der Waals surface area (Å²) in [5.74, 6) is 0.920. The fourth-order valence-corrected chi connectivity index (χ4v) is 1.73. The minimum Gasteiger partial charge on any atom is -0.493 e. The highest BCUT2D eigenvalue weighted by atomic mass is 79.9. The zero-order chi connectivity index (χ0) is 8.55. The smallest absolute Gasteiger partial charge is 0.125 e. The van der Waals surface area contributed by atoms with Crippen LogP contribution in [0, 0.1) is 0 Å². The molecule has 0 saturated heterocycles. The van der Waals surface area contributed by atoms with Gasteiger partial charge in [0, 0.05) is 22.5 Å². The van der Waals surface area contributed by atoms with Crippen molar-refractivity contribution in [3.8, 4) is 5.75 Å². The maximum atomic E-state index is 5.90. The van der Waals surface area contributed by atoms with Gasteiger partial charge in [-0.1, -0.05) is 22.0 Å². The minimum absolute atomic E-state index is 0. The Hall–Kier alpha value is -0.250. The van der Waals surface area contributed by atoms with Gasteiger partial charge in [-0.2, -0.15) is 0 Å². The Morgan fingerprint density at radius 1 is 1.46 bits per heavy atom. The fourth-order valence-electron chi connectivity index (χ4n) is 1.39. The molecule has 0 aliphatic carbocycles. The first-order valence-corrected chi connectivity index (χ1v) is 4.74. The first-order valence-electron chi connectivity index (χ1n) is 3.95. The van der Waals surface area contributed by atoms with Crippen LogP contribution < -0.4 is 10.5 Å². The number of hydrogen-bond donors (Lipinski definition) is 1. The Kier molecular flexibility index (Phi) is 3.59. The van der Waals surface area contributed by atoms with Crippen LogP contribution >= 0.6 is 28.3 Å². The molecule has 1 aromatic carbocycles. The van der Waals surface area contributed by atoms with Crippen LogP contribution in [0.1, 0.15) is 18.0 Å². The molecule has 1 heterocycles. The van der Waals surface area contributed by atoms with E-state index in [1.165, 1.54) is 0 Å². The Morgan fingerprint density at radius 3 is 3.00 bits per heavy atom. The normalized spacial score (nSPS) is 19.7. The number of hydrogen-bond acceptors (Lipinski definition) is 2. The summed E-state index contributed by atoms with van der Waals surface area (Å²) in [5, 5.41) is 0. The average molecular weight is 265 g/mol. The summed E-state index contributed by atoms with van der Waals surface area (Å²) in [6.07, 6.45) is 0.911. The van der Waals surface area contributed by atoms with E-state index in [9.17, 15) is 0 Å². The third-order valence-electron chi connectivity index (χ3n) is 2.06. The topological polar surface area (TPSA) is 35.2 Å². The monoisotopic (exact) mass is 263 g/mol. The van der Waals surface area contributed by atoms with Crippen molar-refractivity contribution in [2.45, 2.75) is 12.5 Å². The molecule has 0 radical (unpaired) electrons. The van der Waals surface area contributed by atoms with Gasteiger partial charge in [-0.05, 0) is 12.1 Å². The van der Waals surface area contributed by atoms with Gasteiger partial charge in [0.2, 0.25) is 0 Å². The van der Waals surface area contributed by atoms with E-state index in [2.05, 4.69) is 15.9 Å². The van der Waals surface area contributed by atoms with Crippen molar-refractivity contribution in [2.75, 3.05) is 6.61 Å². The predicted molar refractivity (Wildman–Crippen MR) is 58.4 cm³/mol. The van der Waals surface area contributed by atoms with Crippen LogP contribution in [0.2, 0.25) is 0 Å². The van der Waals surface area contributed by atoms with E-state index in [0.717, 1.165) is 28.8 Å². The molecule has 2 rings (SSSR count). The molecule has 13 heavy (non-hydrogen) atoms. The zero-order valence-corrected chi connectivity index (χ0v) is 9.40. The lowest BCUT2D eigenvalue weighted by atomic mass is 10.0. The molecule has 0 saturated carbocycles. The fraction of sp³-hybridized carbons (Fsp3) is 0.333. The lowest BCUT2D eigenvalue weighted by molar-refractivity contribution is 0.269. The second-order valence-corrected chi connectivity index (χ2v) is 3.84. The number of benzene rings is 1. The highest BCUT2D eigenvalue weighted by Crippen LogP contribution is 2.32. The van der Waals surface area contributed by atoms with Gasteiger partial charge in [-0.15, -0.1) is 12.4 Å². The molecule has 1 aliphatic rings. The van der Waals surface area contributed by atoms with Crippen LogP contribution in [0.5, 0.6) is 5.75 Å². The van der Waals surface area contributed by atoms with E-state index in [0.29, 0.717) is 0 Å². The second kappa shape index (κ2) is 4.31. The van der Waals surface area contributed by atoms with Crippen molar-refractivity contribution in [2.24, 2.45) is 5.73 Å². The number of rotatable bonds is 0. The van der Waals surface area contributed by atoms with Crippen molar-refractivity contribution in [3.63, 3.8) is 0 Å². The molecule has 1 aliphatic heterocycles. The third-order valence-corrected chi connectivity index (χ3v) is 2.55. The summed E-state index contributed by atoms with van der Waals surface area (Å²) in [5.41, 5.74) is 7.02. The second-order valence-electron chi connectivity index (χ2n) is 2.93. The van der Waals surface area contributed by atoms with E-state index in [1.807, 2.05) is 18.2 Å². The zero-order valence-electron chi connectivity index (χ0n) is 7.00. The van der Waals surface area contributed by atoms with Gasteiger partial charge in [0.15, 0.2) is 0 Å². The predicted octanol–water partition coefficient (Wildman–Crippen LogP) is 2.65. The summed E-state index contributed by atoms with van der Waals surface area (Å²) in [4.78, 5) is 0. The van der Waals surface area contributed by atoms with Gasteiger partial charge in [0.05, 0.1) is 6.61 Å². The summed E-state index contributed by atoms with van der Waals surface area (Å²) in [6.45, 7) is 0.727. The maximum Gasteiger partial charge on any atom is 0.125 e. The molecule has 4 heteroatoms. The first kappa shape index (κ1) is 10.8. The molecule has 72 valence electrons. The van der Waals surface area contributed by atoms with E-state index in [1.54, 1.807) is 0 Å². The quantitative estimate of drug-likeness (QED) is 0.782. The Labute approximate surface area is 92.0 Å². The van der Waals surface area contributed by atoms with Gasteiger partial charge in [-0.25, -0.2) is 0 Å². The molecule has 0 aromatic heterocycles. The molecule has 0 spiro atoms. The summed E-state index contributed by atoms with van der Waals surface area (Å²) in [7, 11) is 0. The van der Waals surface area contributed by atoms with Crippen molar-refractivity contribution in [3.05, 3.63) is 28.2 Å². The average Bonchev–Trinajstić information content (AvgIpc) is 2.04. The lowest BCUT2D eigenvalue weighted by Crippen LogP contribution is -2.20. The number of nitrogens with two attached hydrogens (primary N) is 1. The van der Waals surface area contributed by atoms with E-state index >= 15 is 0 Å². The molecule has 1 atom stereocenters. The first-order chi connectivity index (χ1) is 5.77. The summed E-state index contributed by atoms with van der Waals surface area (Å²) >= 11 is 3.39. The van der Waals surface area contributed by atoms with Crippen LogP contribution in [0.25, 0.3) is 0 Å². The SMILES string of the molecule is Cl.NC1CCOc2cc(Br)ccc21. The van der Waals surface area contributed by atoms with Gasteiger partial charge >= 0.3 is 0 Å². The van der Waals surface area contributed by atoms with Crippen molar-refractivity contribution in [1.29, 1.82) is 0 Å². The van der Waals surface area contributed by atoms with Crippen molar-refractivity contribution in [1.82, 2.24) is 0 Å². The lowest BCUT2D eigenvalue weighted by Gasteiger charge is -2.22. The minimum atomic E-state index is 0. The molecule has 0 fully saturated rings. The largest absolute Gasteiger partial charge is 0.493 e. The molecule has 2 nitrogen and oxygen atoms in total. The molecular weight excluding hydrogens is 253 g/mol. The molecule has 0 bridgehead atoms. The van der Waals surface area contributed by atoms with Gasteiger partial charge in [0.1, 0.15) is 5.75 Å². The number of halogens is 2. The van der Waals surface area contributed by atoms with Gasteiger partial charge < -0.3 is 10.5 Å². The highest BCUT2D eigenvalue weighted by Gasteiger charge is 2.17. The third kappa shape index (κ3) is 2.16. The van der Waals surface area contributed by atoms with Crippen LogP contribution in [0.3, 0.4) is 0 Å². The van der Waals surface area contributed by atoms with E-state index < -0.39 is 0 Å².